The van der Waals surface area contributed by atoms with E-state index < -0.39 is 0 Å². The average Bonchev–Trinajstić information content (AvgIpc) is 2.57. The summed E-state index contributed by atoms with van der Waals surface area (Å²) in [7, 11) is 0. The van der Waals surface area contributed by atoms with E-state index in [0.717, 1.165) is 44.9 Å². The van der Waals surface area contributed by atoms with E-state index in [1.807, 2.05) is 41.5 Å². The van der Waals surface area contributed by atoms with Crippen molar-refractivity contribution >= 4 is 11.6 Å². The zero-order valence-electron chi connectivity index (χ0n) is 17.1. The molecule has 0 spiro atoms. The maximum Gasteiger partial charge on any atom is 0.135 e. The Labute approximate surface area is 141 Å². The third kappa shape index (κ3) is 24.4. The van der Waals surface area contributed by atoms with Crippen LogP contribution in [0.3, 0.4) is 0 Å². The predicted octanol–water partition coefficient (Wildman–Crippen LogP) is 7.00. The van der Waals surface area contributed by atoms with Crippen LogP contribution in [0.5, 0.6) is 0 Å². The maximum absolute atomic E-state index is 11.7. The summed E-state index contributed by atoms with van der Waals surface area (Å²) < 4.78 is 0. The van der Waals surface area contributed by atoms with Crippen LogP contribution in [-0.2, 0) is 9.59 Å². The minimum Gasteiger partial charge on any atom is -0.300 e. The van der Waals surface area contributed by atoms with Gasteiger partial charge in [0.05, 0.1) is 0 Å². The lowest BCUT2D eigenvalue weighted by Crippen LogP contribution is -2.12. The van der Waals surface area contributed by atoms with Crippen LogP contribution in [0.25, 0.3) is 0 Å². The highest BCUT2D eigenvalue weighted by Gasteiger charge is 2.12. The number of hydrogen-bond acceptors (Lipinski definition) is 2. The number of ketones is 2. The molecule has 136 valence electrons. The smallest absolute Gasteiger partial charge is 0.135 e. The lowest BCUT2D eigenvalue weighted by molar-refractivity contribution is -0.123. The van der Waals surface area contributed by atoms with Gasteiger partial charge in [-0.05, 0) is 32.6 Å². The van der Waals surface area contributed by atoms with E-state index in [0.29, 0.717) is 12.2 Å². The highest BCUT2D eigenvalue weighted by Crippen LogP contribution is 2.14. The van der Waals surface area contributed by atoms with E-state index in [2.05, 4.69) is 13.8 Å². The van der Waals surface area contributed by atoms with E-state index in [9.17, 15) is 9.59 Å². The molecule has 0 unspecified atom stereocenters. The fourth-order valence-corrected chi connectivity index (χ4v) is 1.97. The fraction of sp³-hybridized carbons (Fsp3) is 0.900. The third-order valence-corrected chi connectivity index (χ3v) is 3.14. The van der Waals surface area contributed by atoms with Crippen LogP contribution in [0.1, 0.15) is 114 Å². The summed E-state index contributed by atoms with van der Waals surface area (Å²) in [5, 5.41) is 0. The zero-order chi connectivity index (χ0) is 18.4. The molecular formula is C20H44O2. The van der Waals surface area contributed by atoms with E-state index in [4.69, 9.17) is 0 Å². The van der Waals surface area contributed by atoms with Crippen molar-refractivity contribution in [2.24, 2.45) is 5.92 Å². The van der Waals surface area contributed by atoms with Gasteiger partial charge in [-0.1, -0.05) is 68.2 Å². The molecule has 0 amide bonds. The predicted molar refractivity (Wildman–Crippen MR) is 102 cm³/mol. The first-order valence-corrected chi connectivity index (χ1v) is 9.63. The SMILES string of the molecule is CC.CC.CC.CCC(CC)C(=O)CCCCCCC(C)=O. The number of carbonyl (C=O) groups is 2. The molecule has 0 aliphatic heterocycles. The van der Waals surface area contributed by atoms with Gasteiger partial charge in [0.15, 0.2) is 0 Å². The summed E-state index contributed by atoms with van der Waals surface area (Å²) in [5.74, 6) is 0.974. The van der Waals surface area contributed by atoms with E-state index >= 15 is 0 Å². The van der Waals surface area contributed by atoms with E-state index in [1.54, 1.807) is 6.92 Å². The van der Waals surface area contributed by atoms with Gasteiger partial charge in [-0.25, -0.2) is 0 Å². The highest BCUT2D eigenvalue weighted by molar-refractivity contribution is 5.80. The molecule has 0 aromatic rings. The Morgan fingerprint density at radius 2 is 1.05 bits per heavy atom. The Bertz CT molecular complexity index is 206. The van der Waals surface area contributed by atoms with Gasteiger partial charge in [-0.2, -0.15) is 0 Å². The lowest BCUT2D eigenvalue weighted by atomic mass is 9.94. The average molecular weight is 317 g/mol. The van der Waals surface area contributed by atoms with Gasteiger partial charge >= 0.3 is 0 Å². The van der Waals surface area contributed by atoms with Gasteiger partial charge in [-0.3, -0.25) is 4.79 Å². The maximum atomic E-state index is 11.7. The van der Waals surface area contributed by atoms with Crippen LogP contribution in [0.4, 0.5) is 0 Å². The van der Waals surface area contributed by atoms with Gasteiger partial charge < -0.3 is 4.79 Å². The van der Waals surface area contributed by atoms with Gasteiger partial charge in [0.2, 0.25) is 0 Å². The molecule has 0 fully saturated rings. The topological polar surface area (TPSA) is 34.1 Å². The normalized spacial score (nSPS) is 8.64. The van der Waals surface area contributed by atoms with Crippen LogP contribution in [0.15, 0.2) is 0 Å². The number of rotatable bonds is 10. The molecule has 0 aliphatic rings. The summed E-state index contributed by atoms with van der Waals surface area (Å²) in [5.41, 5.74) is 0. The first kappa shape index (κ1) is 29.4. The van der Waals surface area contributed by atoms with Crippen molar-refractivity contribution in [1.82, 2.24) is 0 Å². The number of Topliss-reactive ketones (excluding diaryl/α,β-unsaturated/α-hetero) is 2. The van der Waals surface area contributed by atoms with Gasteiger partial charge in [0.1, 0.15) is 11.6 Å². The molecule has 2 nitrogen and oxygen atoms in total. The minimum absolute atomic E-state index is 0.271. The summed E-state index contributed by atoms with van der Waals surface area (Å²) in [4.78, 5) is 22.4. The van der Waals surface area contributed by atoms with Crippen molar-refractivity contribution < 1.29 is 9.59 Å². The zero-order valence-corrected chi connectivity index (χ0v) is 17.1. The molecule has 0 rings (SSSR count). The number of unbranched alkanes of at least 4 members (excludes halogenated alkanes) is 3. The Kier molecular flexibility index (Phi) is 38.0. The summed E-state index contributed by atoms with van der Waals surface area (Å²) in [6.07, 6.45) is 7.50. The summed E-state index contributed by atoms with van der Waals surface area (Å²) >= 11 is 0. The molecule has 0 bridgehead atoms. The van der Waals surface area contributed by atoms with Crippen molar-refractivity contribution in [3.8, 4) is 0 Å². The Balaban J connectivity index is -0.000000238. The third-order valence-electron chi connectivity index (χ3n) is 3.14. The highest BCUT2D eigenvalue weighted by atomic mass is 16.1. The quantitative estimate of drug-likeness (QED) is 0.406. The molecule has 0 aromatic heterocycles. The molecule has 0 aliphatic carbocycles. The molecule has 0 heterocycles. The molecule has 0 saturated carbocycles. The van der Waals surface area contributed by atoms with Crippen LogP contribution in [-0.4, -0.2) is 11.6 Å². The first-order valence-electron chi connectivity index (χ1n) is 9.63. The standard InChI is InChI=1S/C14H26O2.3C2H6/c1-4-13(5-2)14(16)11-9-7-6-8-10-12(3)15;3*1-2/h13H,4-11H2,1-3H3;3*1-2H3. The molecular weight excluding hydrogens is 272 g/mol. The lowest BCUT2D eigenvalue weighted by Gasteiger charge is -2.10. The second kappa shape index (κ2) is 28.5. The van der Waals surface area contributed by atoms with Crippen molar-refractivity contribution in [2.75, 3.05) is 0 Å². The van der Waals surface area contributed by atoms with E-state index in [-0.39, 0.29) is 11.7 Å². The van der Waals surface area contributed by atoms with Crippen LogP contribution >= 0.6 is 0 Å². The Morgan fingerprint density at radius 1 is 0.682 bits per heavy atom. The van der Waals surface area contributed by atoms with Crippen molar-refractivity contribution in [3.05, 3.63) is 0 Å². The first-order chi connectivity index (χ1) is 10.6. The minimum atomic E-state index is 0.271. The largest absolute Gasteiger partial charge is 0.300 e. The molecule has 0 aromatic carbocycles. The van der Waals surface area contributed by atoms with Crippen molar-refractivity contribution in [3.63, 3.8) is 0 Å². The Morgan fingerprint density at radius 3 is 1.36 bits per heavy atom. The van der Waals surface area contributed by atoms with Crippen molar-refractivity contribution in [1.29, 1.82) is 0 Å². The molecule has 0 radical (unpaired) electrons. The van der Waals surface area contributed by atoms with Crippen LogP contribution < -0.4 is 0 Å². The van der Waals surface area contributed by atoms with Gasteiger partial charge in [0, 0.05) is 18.8 Å². The molecule has 2 heteroatoms. The van der Waals surface area contributed by atoms with Crippen LogP contribution in [0, 0.1) is 5.92 Å². The molecule has 0 saturated heterocycles. The number of carbonyl (C=O) groups excluding carboxylic acids is 2. The number of hydrogen-bond donors (Lipinski definition) is 0. The summed E-state index contributed by atoms with van der Waals surface area (Å²) in [6, 6.07) is 0. The molecule has 0 N–H and O–H groups in total. The molecule has 22 heavy (non-hydrogen) atoms. The van der Waals surface area contributed by atoms with Gasteiger partial charge in [-0.15, -0.1) is 0 Å². The van der Waals surface area contributed by atoms with Gasteiger partial charge in [0.25, 0.3) is 0 Å². The fourth-order valence-electron chi connectivity index (χ4n) is 1.97. The Hall–Kier alpha value is -0.660. The van der Waals surface area contributed by atoms with Crippen molar-refractivity contribution in [2.45, 2.75) is 114 Å². The second-order valence-corrected chi connectivity index (χ2v) is 4.60. The van der Waals surface area contributed by atoms with Crippen LogP contribution in [0.2, 0.25) is 0 Å². The monoisotopic (exact) mass is 316 g/mol. The molecule has 0 atom stereocenters. The second-order valence-electron chi connectivity index (χ2n) is 4.60. The summed E-state index contributed by atoms with van der Waals surface area (Å²) in [6.45, 7) is 17.8. The van der Waals surface area contributed by atoms with E-state index in [1.165, 1.54) is 0 Å².